The first-order chi connectivity index (χ1) is 8.25. The minimum absolute atomic E-state index is 0.574. The topological polar surface area (TPSA) is 42.7 Å². The standard InChI is InChI=1S/C10H8Cl2N4S/c11-6-1-2-7(8(12)5-6)9-14-15-10-16(9)13-3-4-17-10/h1-2,5,13H,3-4H2. The summed E-state index contributed by atoms with van der Waals surface area (Å²) in [7, 11) is 0. The lowest BCUT2D eigenvalue weighted by atomic mass is 10.2. The normalized spacial score (nSPS) is 14.2. The van der Waals surface area contributed by atoms with Gasteiger partial charge in [-0.15, -0.1) is 10.2 Å². The molecule has 2 aromatic rings. The Labute approximate surface area is 112 Å². The van der Waals surface area contributed by atoms with Gasteiger partial charge in [0.15, 0.2) is 5.82 Å². The van der Waals surface area contributed by atoms with E-state index in [1.807, 2.05) is 10.7 Å². The maximum atomic E-state index is 6.16. The number of nitrogens with zero attached hydrogens (tertiary/aromatic N) is 3. The fourth-order valence-corrected chi connectivity index (χ4v) is 2.90. The molecule has 4 nitrogen and oxygen atoms in total. The molecule has 0 saturated heterocycles. The molecule has 1 aromatic carbocycles. The summed E-state index contributed by atoms with van der Waals surface area (Å²) in [4.78, 5) is 0. The molecule has 0 bridgehead atoms. The Kier molecular flexibility index (Phi) is 2.90. The number of nitrogens with one attached hydrogen (secondary N) is 1. The van der Waals surface area contributed by atoms with E-state index in [0.29, 0.717) is 15.9 Å². The second-order valence-electron chi connectivity index (χ2n) is 3.52. The summed E-state index contributed by atoms with van der Waals surface area (Å²) >= 11 is 13.7. The van der Waals surface area contributed by atoms with Crippen LogP contribution in [0.4, 0.5) is 0 Å². The highest BCUT2D eigenvalue weighted by atomic mass is 35.5. The molecular weight excluding hydrogens is 279 g/mol. The highest BCUT2D eigenvalue weighted by molar-refractivity contribution is 7.99. The van der Waals surface area contributed by atoms with Crippen LogP contribution in [0, 0.1) is 0 Å². The Morgan fingerprint density at radius 1 is 1.29 bits per heavy atom. The lowest BCUT2D eigenvalue weighted by molar-refractivity contribution is 0.755. The zero-order chi connectivity index (χ0) is 11.8. The van der Waals surface area contributed by atoms with Gasteiger partial charge in [0.05, 0.1) is 5.02 Å². The van der Waals surface area contributed by atoms with Crippen molar-refractivity contribution in [2.75, 3.05) is 17.7 Å². The van der Waals surface area contributed by atoms with Gasteiger partial charge in [0.1, 0.15) is 0 Å². The van der Waals surface area contributed by atoms with Gasteiger partial charge < -0.3 is 5.43 Å². The van der Waals surface area contributed by atoms with Gasteiger partial charge in [-0.3, -0.25) is 0 Å². The SMILES string of the molecule is Clc1ccc(-c2nnc3n2NCCS3)c(Cl)c1. The molecule has 0 aliphatic carbocycles. The molecule has 2 heterocycles. The van der Waals surface area contributed by atoms with Crippen LogP contribution < -0.4 is 5.43 Å². The predicted molar refractivity (Wildman–Crippen MR) is 70.4 cm³/mol. The average Bonchev–Trinajstić information content (AvgIpc) is 2.73. The molecule has 0 spiro atoms. The van der Waals surface area contributed by atoms with Crippen LogP contribution in [0.5, 0.6) is 0 Å². The minimum Gasteiger partial charge on any atom is -0.321 e. The first-order valence-electron chi connectivity index (χ1n) is 5.03. The van der Waals surface area contributed by atoms with Crippen molar-refractivity contribution >= 4 is 35.0 Å². The third kappa shape index (κ3) is 1.99. The first-order valence-corrected chi connectivity index (χ1v) is 6.77. The molecule has 0 radical (unpaired) electrons. The van der Waals surface area contributed by atoms with Crippen LogP contribution in [-0.2, 0) is 0 Å². The minimum atomic E-state index is 0.574. The number of hydrogen-bond donors (Lipinski definition) is 1. The van der Waals surface area contributed by atoms with E-state index in [1.54, 1.807) is 23.9 Å². The Morgan fingerprint density at radius 3 is 3.00 bits per heavy atom. The van der Waals surface area contributed by atoms with Crippen molar-refractivity contribution in [1.29, 1.82) is 0 Å². The summed E-state index contributed by atoms with van der Waals surface area (Å²) in [6.07, 6.45) is 0. The van der Waals surface area contributed by atoms with Crippen LogP contribution in [0.25, 0.3) is 11.4 Å². The van der Waals surface area contributed by atoms with E-state index in [9.17, 15) is 0 Å². The lowest BCUT2D eigenvalue weighted by Gasteiger charge is -2.16. The summed E-state index contributed by atoms with van der Waals surface area (Å²) in [5.41, 5.74) is 4.05. The summed E-state index contributed by atoms with van der Waals surface area (Å²) in [6, 6.07) is 5.35. The van der Waals surface area contributed by atoms with Crippen molar-refractivity contribution in [3.05, 3.63) is 28.2 Å². The molecule has 1 N–H and O–H groups in total. The average molecular weight is 287 g/mol. The van der Waals surface area contributed by atoms with Crippen LogP contribution >= 0.6 is 35.0 Å². The van der Waals surface area contributed by atoms with Gasteiger partial charge in [-0.1, -0.05) is 35.0 Å². The first kappa shape index (κ1) is 11.2. The van der Waals surface area contributed by atoms with Crippen molar-refractivity contribution in [1.82, 2.24) is 14.9 Å². The summed E-state index contributed by atoms with van der Waals surface area (Å²) in [5, 5.41) is 10.3. The lowest BCUT2D eigenvalue weighted by Crippen LogP contribution is -2.23. The third-order valence-electron chi connectivity index (χ3n) is 2.41. The number of rotatable bonds is 1. The van der Waals surface area contributed by atoms with Crippen molar-refractivity contribution < 1.29 is 0 Å². The quantitative estimate of drug-likeness (QED) is 0.875. The number of fused-ring (bicyclic) bond motifs is 1. The molecule has 0 atom stereocenters. The second-order valence-corrected chi connectivity index (χ2v) is 5.43. The van der Waals surface area contributed by atoms with Gasteiger partial charge in [0.25, 0.3) is 0 Å². The van der Waals surface area contributed by atoms with Gasteiger partial charge in [0.2, 0.25) is 5.16 Å². The van der Waals surface area contributed by atoms with E-state index in [0.717, 1.165) is 23.0 Å². The van der Waals surface area contributed by atoms with Crippen LogP contribution in [0.2, 0.25) is 10.0 Å². The summed E-state index contributed by atoms with van der Waals surface area (Å²) in [5.74, 6) is 1.71. The molecule has 7 heteroatoms. The molecule has 1 aliphatic rings. The number of hydrogen-bond acceptors (Lipinski definition) is 4. The van der Waals surface area contributed by atoms with E-state index in [-0.39, 0.29) is 0 Å². The molecule has 0 saturated carbocycles. The zero-order valence-corrected chi connectivity index (χ0v) is 11.0. The van der Waals surface area contributed by atoms with E-state index in [4.69, 9.17) is 23.2 Å². The van der Waals surface area contributed by atoms with Crippen LogP contribution in [-0.4, -0.2) is 27.2 Å². The molecule has 0 unspecified atom stereocenters. The molecule has 1 aliphatic heterocycles. The fourth-order valence-electron chi connectivity index (χ4n) is 1.65. The van der Waals surface area contributed by atoms with Gasteiger partial charge in [-0.25, -0.2) is 4.68 Å². The Balaban J connectivity index is 2.12. The Hall–Kier alpha value is -0.910. The number of halogens is 2. The van der Waals surface area contributed by atoms with E-state index in [2.05, 4.69) is 15.6 Å². The highest BCUT2D eigenvalue weighted by Gasteiger charge is 2.19. The molecule has 17 heavy (non-hydrogen) atoms. The largest absolute Gasteiger partial charge is 0.321 e. The fraction of sp³-hybridized carbons (Fsp3) is 0.200. The Bertz CT molecular complexity index is 569. The van der Waals surface area contributed by atoms with Gasteiger partial charge in [-0.05, 0) is 18.2 Å². The van der Waals surface area contributed by atoms with Crippen molar-refractivity contribution in [2.45, 2.75) is 5.16 Å². The zero-order valence-electron chi connectivity index (χ0n) is 8.65. The Morgan fingerprint density at radius 2 is 2.18 bits per heavy atom. The van der Waals surface area contributed by atoms with Gasteiger partial charge in [-0.2, -0.15) is 0 Å². The molecule has 3 rings (SSSR count). The van der Waals surface area contributed by atoms with E-state index >= 15 is 0 Å². The molecule has 1 aromatic heterocycles. The molecule has 0 amide bonds. The smallest absolute Gasteiger partial charge is 0.210 e. The monoisotopic (exact) mass is 286 g/mol. The van der Waals surface area contributed by atoms with E-state index < -0.39 is 0 Å². The number of aromatic nitrogens is 3. The molecule has 88 valence electrons. The van der Waals surface area contributed by atoms with Crippen molar-refractivity contribution in [3.63, 3.8) is 0 Å². The van der Waals surface area contributed by atoms with Crippen LogP contribution in [0.1, 0.15) is 0 Å². The number of thioether (sulfide) groups is 1. The maximum absolute atomic E-state index is 6.16. The van der Waals surface area contributed by atoms with Crippen LogP contribution in [0.15, 0.2) is 23.4 Å². The molecular formula is C10H8Cl2N4S. The van der Waals surface area contributed by atoms with Crippen molar-refractivity contribution in [3.8, 4) is 11.4 Å². The highest BCUT2D eigenvalue weighted by Crippen LogP contribution is 2.31. The third-order valence-corrected chi connectivity index (χ3v) is 3.89. The molecule has 0 fully saturated rings. The summed E-state index contributed by atoms with van der Waals surface area (Å²) in [6.45, 7) is 0.883. The second kappa shape index (κ2) is 4.40. The van der Waals surface area contributed by atoms with Gasteiger partial charge in [0, 0.05) is 22.9 Å². The number of benzene rings is 1. The maximum Gasteiger partial charge on any atom is 0.210 e. The van der Waals surface area contributed by atoms with E-state index in [1.165, 1.54) is 0 Å². The van der Waals surface area contributed by atoms with Crippen molar-refractivity contribution in [2.24, 2.45) is 0 Å². The van der Waals surface area contributed by atoms with Gasteiger partial charge >= 0.3 is 0 Å². The predicted octanol–water partition coefficient (Wildman–Crippen LogP) is 2.90. The summed E-state index contributed by atoms with van der Waals surface area (Å²) < 4.78 is 1.86. The van der Waals surface area contributed by atoms with Crippen LogP contribution in [0.3, 0.4) is 0 Å².